The van der Waals surface area contributed by atoms with Gasteiger partial charge in [-0.15, -0.1) is 0 Å². The van der Waals surface area contributed by atoms with Gasteiger partial charge in [0.05, 0.1) is 23.1 Å². The van der Waals surface area contributed by atoms with Crippen LogP contribution in [0.15, 0.2) is 54.9 Å². The van der Waals surface area contributed by atoms with Crippen LogP contribution in [0.25, 0.3) is 28.0 Å². The molecule has 36 heavy (non-hydrogen) atoms. The molecule has 1 aliphatic carbocycles. The molecule has 1 aliphatic rings. The van der Waals surface area contributed by atoms with Crippen molar-refractivity contribution in [3.05, 3.63) is 66.1 Å². The minimum atomic E-state index is -1.21. The van der Waals surface area contributed by atoms with E-state index in [2.05, 4.69) is 10.1 Å². The number of carboxylic acid groups (broad SMARTS) is 1. The average Bonchev–Trinajstić information content (AvgIpc) is 3.33. The highest BCUT2D eigenvalue weighted by Gasteiger charge is 2.43. The summed E-state index contributed by atoms with van der Waals surface area (Å²) in [5.41, 5.74) is 10.1. The maximum atomic E-state index is 12.6. The molecule has 0 spiro atoms. The lowest BCUT2D eigenvalue weighted by molar-refractivity contribution is -0.166. The van der Waals surface area contributed by atoms with E-state index in [-0.39, 0.29) is 17.5 Å². The highest BCUT2D eigenvalue weighted by molar-refractivity contribution is 6.00. The Hall–Kier alpha value is -4.11. The molecule has 3 aromatic heterocycles. The van der Waals surface area contributed by atoms with Crippen molar-refractivity contribution < 1.29 is 19.4 Å². The second kappa shape index (κ2) is 9.16. The van der Waals surface area contributed by atoms with E-state index in [0.29, 0.717) is 42.6 Å². The zero-order valence-corrected chi connectivity index (χ0v) is 20.1. The molecule has 1 fully saturated rings. The molecule has 184 valence electrons. The van der Waals surface area contributed by atoms with Gasteiger partial charge in [0.25, 0.3) is 0 Å². The quantitative estimate of drug-likeness (QED) is 0.385. The normalized spacial score (nSPS) is 19.9. The third-order valence-electron chi connectivity index (χ3n) is 7.17. The third kappa shape index (κ3) is 3.91. The molecule has 0 amide bonds. The van der Waals surface area contributed by atoms with Gasteiger partial charge in [0.15, 0.2) is 17.0 Å². The molecular formula is C27H27N5O4. The molecule has 0 bridgehead atoms. The van der Waals surface area contributed by atoms with Crippen molar-refractivity contribution in [2.45, 2.75) is 44.1 Å². The van der Waals surface area contributed by atoms with E-state index in [1.165, 1.54) is 18.5 Å². The van der Waals surface area contributed by atoms with E-state index in [1.807, 2.05) is 42.5 Å². The molecule has 1 aromatic carbocycles. The number of pyridine rings is 1. The summed E-state index contributed by atoms with van der Waals surface area (Å²) in [5.74, 6) is -1.07. The highest BCUT2D eigenvalue weighted by Crippen LogP contribution is 2.42. The minimum Gasteiger partial charge on any atom is -0.479 e. The van der Waals surface area contributed by atoms with Crippen LogP contribution in [0.5, 0.6) is 0 Å². The Morgan fingerprint density at radius 3 is 2.39 bits per heavy atom. The number of ketones is 1. The Labute approximate surface area is 208 Å². The number of carboxylic acids is 1. The number of methoxy groups -OCH3 is 1. The first kappa shape index (κ1) is 23.6. The van der Waals surface area contributed by atoms with Gasteiger partial charge >= 0.3 is 5.97 Å². The maximum absolute atomic E-state index is 12.6. The molecule has 0 unspecified atom stereocenters. The van der Waals surface area contributed by atoms with Crippen molar-refractivity contribution in [1.82, 2.24) is 19.6 Å². The van der Waals surface area contributed by atoms with Crippen molar-refractivity contribution in [1.29, 1.82) is 0 Å². The number of carbonyl (C=O) groups is 2. The maximum Gasteiger partial charge on any atom is 0.335 e. The summed E-state index contributed by atoms with van der Waals surface area (Å²) in [7, 11) is 1.42. The summed E-state index contributed by atoms with van der Waals surface area (Å²) >= 11 is 0. The lowest BCUT2D eigenvalue weighted by atomic mass is 9.76. The number of hydrogen-bond acceptors (Lipinski definition) is 7. The number of nitrogens with two attached hydrogens (primary N) is 1. The molecule has 9 heteroatoms. The number of rotatable bonds is 6. The standard InChI is InChI=1S/C27H27N5O4/c1-16(33)22-23(18-10-12-27(36-2,13-11-18)26(34)35)31-25-20(15-30-32(25)24(22)28)19-8-9-21(29-14-19)17-6-4-3-5-7-17/h3-9,14-15,18H,10-13,28H2,1-2H3,(H,34,35)/t18-,27+. The molecule has 0 saturated heterocycles. The minimum absolute atomic E-state index is 0.125. The van der Waals surface area contributed by atoms with Crippen LogP contribution in [0.4, 0.5) is 5.82 Å². The van der Waals surface area contributed by atoms with Crippen LogP contribution in [0, 0.1) is 0 Å². The van der Waals surface area contributed by atoms with Crippen molar-refractivity contribution in [2.24, 2.45) is 0 Å². The number of nitrogens with zero attached hydrogens (tertiary/aromatic N) is 4. The van der Waals surface area contributed by atoms with Crippen LogP contribution in [0.3, 0.4) is 0 Å². The van der Waals surface area contributed by atoms with Gasteiger partial charge in [0.2, 0.25) is 0 Å². The summed E-state index contributed by atoms with van der Waals surface area (Å²) in [6.07, 6.45) is 5.12. The zero-order valence-electron chi connectivity index (χ0n) is 20.1. The Morgan fingerprint density at radius 1 is 1.08 bits per heavy atom. The molecule has 0 radical (unpaired) electrons. The second-order valence-electron chi connectivity index (χ2n) is 9.18. The van der Waals surface area contributed by atoms with E-state index in [1.54, 1.807) is 12.4 Å². The SMILES string of the molecule is CO[C@]1(C(=O)O)CC[C@H](c2nc3c(-c4ccc(-c5ccccc5)nc4)cnn3c(N)c2C(C)=O)CC1. The molecule has 0 atom stereocenters. The number of aliphatic carboxylic acids is 1. The van der Waals surface area contributed by atoms with Gasteiger partial charge < -0.3 is 15.6 Å². The summed E-state index contributed by atoms with van der Waals surface area (Å²) < 4.78 is 6.86. The molecule has 9 nitrogen and oxygen atoms in total. The molecule has 1 saturated carbocycles. The van der Waals surface area contributed by atoms with E-state index >= 15 is 0 Å². The van der Waals surface area contributed by atoms with Gasteiger partial charge in [-0.1, -0.05) is 36.4 Å². The predicted octanol–water partition coefficient (Wildman–Crippen LogP) is 4.37. The summed E-state index contributed by atoms with van der Waals surface area (Å²) in [5, 5.41) is 14.1. The third-order valence-corrected chi connectivity index (χ3v) is 7.17. The number of hydrogen-bond donors (Lipinski definition) is 2. The predicted molar refractivity (Wildman–Crippen MR) is 135 cm³/mol. The number of carbonyl (C=O) groups excluding carboxylic acids is 1. The zero-order chi connectivity index (χ0) is 25.4. The first-order valence-electron chi connectivity index (χ1n) is 11.8. The number of benzene rings is 1. The summed E-state index contributed by atoms with van der Waals surface area (Å²) in [4.78, 5) is 33.9. The fraction of sp³-hybridized carbons (Fsp3) is 0.296. The van der Waals surface area contributed by atoms with Crippen molar-refractivity contribution in [3.63, 3.8) is 0 Å². The Morgan fingerprint density at radius 2 is 1.81 bits per heavy atom. The summed E-state index contributed by atoms with van der Waals surface area (Å²) in [6.45, 7) is 1.46. The van der Waals surface area contributed by atoms with Crippen molar-refractivity contribution >= 4 is 23.2 Å². The molecule has 4 aromatic rings. The topological polar surface area (TPSA) is 133 Å². The fourth-order valence-electron chi connectivity index (χ4n) is 5.09. The Balaban J connectivity index is 1.55. The number of ether oxygens (including phenoxy) is 1. The van der Waals surface area contributed by atoms with E-state index < -0.39 is 11.6 Å². The first-order valence-corrected chi connectivity index (χ1v) is 11.8. The van der Waals surface area contributed by atoms with Gasteiger partial charge in [0.1, 0.15) is 5.82 Å². The van der Waals surface area contributed by atoms with Gasteiger partial charge in [-0.3, -0.25) is 9.78 Å². The van der Waals surface area contributed by atoms with E-state index in [4.69, 9.17) is 15.5 Å². The largest absolute Gasteiger partial charge is 0.479 e. The summed E-state index contributed by atoms with van der Waals surface area (Å²) in [6, 6.07) is 13.8. The van der Waals surface area contributed by atoms with Crippen LogP contribution < -0.4 is 5.73 Å². The Bertz CT molecular complexity index is 1440. The second-order valence-corrected chi connectivity index (χ2v) is 9.18. The van der Waals surface area contributed by atoms with Crippen LogP contribution in [-0.2, 0) is 9.53 Å². The molecule has 5 rings (SSSR count). The number of nitrogen functional groups attached to an aromatic ring is 1. The number of fused-ring (bicyclic) bond motifs is 1. The van der Waals surface area contributed by atoms with Gasteiger partial charge in [-0.05, 0) is 38.7 Å². The molecular weight excluding hydrogens is 458 g/mol. The van der Waals surface area contributed by atoms with Crippen molar-refractivity contribution in [2.75, 3.05) is 12.8 Å². The highest BCUT2D eigenvalue weighted by atomic mass is 16.5. The van der Waals surface area contributed by atoms with Crippen LogP contribution in [0.1, 0.15) is 54.6 Å². The van der Waals surface area contributed by atoms with E-state index in [9.17, 15) is 14.7 Å². The lowest BCUT2D eigenvalue weighted by Crippen LogP contribution is -2.43. The van der Waals surface area contributed by atoms with Crippen LogP contribution in [0.2, 0.25) is 0 Å². The molecule has 3 N–H and O–H groups in total. The van der Waals surface area contributed by atoms with Gasteiger partial charge in [0, 0.05) is 35.9 Å². The number of Topliss-reactive ketones (excluding diaryl/α,β-unsaturated/α-hetero) is 1. The average molecular weight is 486 g/mol. The van der Waals surface area contributed by atoms with E-state index in [0.717, 1.165) is 22.4 Å². The Kier molecular flexibility index (Phi) is 6.01. The number of anilines is 1. The smallest absolute Gasteiger partial charge is 0.335 e. The monoisotopic (exact) mass is 485 g/mol. The van der Waals surface area contributed by atoms with Crippen molar-refractivity contribution in [3.8, 4) is 22.4 Å². The number of aromatic nitrogens is 4. The molecule has 0 aliphatic heterocycles. The van der Waals surface area contributed by atoms with Gasteiger partial charge in [-0.25, -0.2) is 9.78 Å². The van der Waals surface area contributed by atoms with Crippen LogP contribution >= 0.6 is 0 Å². The molecule has 3 heterocycles. The van der Waals surface area contributed by atoms with Gasteiger partial charge in [-0.2, -0.15) is 9.61 Å². The lowest BCUT2D eigenvalue weighted by Gasteiger charge is -2.35. The fourth-order valence-corrected chi connectivity index (χ4v) is 5.09. The van der Waals surface area contributed by atoms with Crippen LogP contribution in [-0.4, -0.2) is 49.2 Å². The first-order chi connectivity index (χ1) is 17.3.